The Balaban J connectivity index is 2.36. The summed E-state index contributed by atoms with van der Waals surface area (Å²) in [6.45, 7) is 0. The highest BCUT2D eigenvalue weighted by Crippen LogP contribution is 2.25. The summed E-state index contributed by atoms with van der Waals surface area (Å²) < 4.78 is 62.2. The van der Waals surface area contributed by atoms with Crippen LogP contribution < -0.4 is 4.18 Å². The summed E-state index contributed by atoms with van der Waals surface area (Å²) in [6, 6.07) is 3.86. The van der Waals surface area contributed by atoms with Crippen LogP contribution in [0, 0.1) is 0 Å². The zero-order valence-corrected chi connectivity index (χ0v) is 8.73. The van der Waals surface area contributed by atoms with Crippen LogP contribution in [0.25, 0.3) is 5.52 Å². The van der Waals surface area contributed by atoms with Crippen LogP contribution in [0.5, 0.6) is 5.88 Å². The molecular weight excluding hydrogens is 263 g/mol. The van der Waals surface area contributed by atoms with E-state index in [-0.39, 0.29) is 0 Å². The van der Waals surface area contributed by atoms with Crippen LogP contribution >= 0.6 is 0 Å². The third-order valence-electron chi connectivity index (χ3n) is 1.72. The Bertz CT molecular complexity index is 649. The average molecular weight is 267 g/mol. The summed E-state index contributed by atoms with van der Waals surface area (Å²) >= 11 is 0. The zero-order valence-electron chi connectivity index (χ0n) is 7.92. The van der Waals surface area contributed by atoms with E-state index in [9.17, 15) is 21.6 Å². The highest BCUT2D eigenvalue weighted by Gasteiger charge is 2.48. The van der Waals surface area contributed by atoms with E-state index in [0.29, 0.717) is 5.52 Å². The number of halogens is 3. The van der Waals surface area contributed by atoms with Gasteiger partial charge in [0.15, 0.2) is 0 Å². The maximum atomic E-state index is 12.0. The van der Waals surface area contributed by atoms with Gasteiger partial charge in [-0.05, 0) is 12.1 Å². The molecule has 0 aliphatic heterocycles. The van der Waals surface area contributed by atoms with E-state index >= 15 is 0 Å². The molecule has 2 rings (SSSR count). The summed E-state index contributed by atoms with van der Waals surface area (Å²) in [5, 5.41) is 7.06. The molecule has 0 fully saturated rings. The molecule has 0 aromatic carbocycles. The molecular formula is C7H4F3N3O3S. The van der Waals surface area contributed by atoms with Crippen molar-refractivity contribution in [2.75, 3.05) is 0 Å². The SMILES string of the molecule is O=S(=O)(Oc1ccc2ccnn2n1)C(F)(F)F. The number of nitrogens with zero attached hydrogens (tertiary/aromatic N) is 3. The van der Waals surface area contributed by atoms with Crippen molar-refractivity contribution in [2.45, 2.75) is 5.51 Å². The van der Waals surface area contributed by atoms with Gasteiger partial charge < -0.3 is 4.18 Å². The standard InChI is InChI=1S/C7H4F3N3O3S/c8-7(9,10)17(14,15)16-6-2-1-5-3-4-11-13(5)12-6/h1-4H. The smallest absolute Gasteiger partial charge is 0.354 e. The van der Waals surface area contributed by atoms with Gasteiger partial charge in [0.05, 0.1) is 11.7 Å². The predicted molar refractivity (Wildman–Crippen MR) is 48.6 cm³/mol. The van der Waals surface area contributed by atoms with Crippen molar-refractivity contribution in [3.8, 4) is 5.88 Å². The molecule has 0 radical (unpaired) electrons. The Kier molecular flexibility index (Phi) is 2.45. The van der Waals surface area contributed by atoms with Gasteiger partial charge in [0.2, 0.25) is 0 Å². The first kappa shape index (κ1) is 11.6. The minimum Gasteiger partial charge on any atom is -0.354 e. The van der Waals surface area contributed by atoms with Crippen LogP contribution in [0.2, 0.25) is 0 Å². The molecule has 0 saturated heterocycles. The lowest BCUT2D eigenvalue weighted by atomic mass is 10.4. The quantitative estimate of drug-likeness (QED) is 0.598. The summed E-state index contributed by atoms with van der Waals surface area (Å²) in [7, 11) is -5.71. The zero-order chi connectivity index (χ0) is 12.7. The molecule has 2 heterocycles. The van der Waals surface area contributed by atoms with Crippen molar-refractivity contribution in [2.24, 2.45) is 0 Å². The average Bonchev–Trinajstić information content (AvgIpc) is 2.62. The Hall–Kier alpha value is -1.84. The second-order valence-corrected chi connectivity index (χ2v) is 4.44. The molecule has 0 aliphatic carbocycles. The molecule has 10 heteroatoms. The number of fused-ring (bicyclic) bond motifs is 1. The van der Waals surface area contributed by atoms with Gasteiger partial charge in [0.1, 0.15) is 0 Å². The first-order valence-electron chi connectivity index (χ1n) is 4.11. The van der Waals surface area contributed by atoms with Crippen LogP contribution in [0.4, 0.5) is 13.2 Å². The second-order valence-electron chi connectivity index (χ2n) is 2.90. The Labute approximate surface area is 92.7 Å². The molecule has 0 atom stereocenters. The summed E-state index contributed by atoms with van der Waals surface area (Å²) in [5.74, 6) is -0.710. The molecule has 0 N–H and O–H groups in total. The lowest BCUT2D eigenvalue weighted by molar-refractivity contribution is -0.0501. The van der Waals surface area contributed by atoms with Crippen molar-refractivity contribution < 1.29 is 25.8 Å². The van der Waals surface area contributed by atoms with E-state index < -0.39 is 21.5 Å². The molecule has 2 aromatic rings. The van der Waals surface area contributed by atoms with Gasteiger partial charge in [-0.1, -0.05) is 0 Å². The van der Waals surface area contributed by atoms with E-state index in [0.717, 1.165) is 10.7 Å². The van der Waals surface area contributed by atoms with Gasteiger partial charge in [-0.15, -0.1) is 9.73 Å². The van der Waals surface area contributed by atoms with Crippen molar-refractivity contribution in [1.29, 1.82) is 0 Å². The van der Waals surface area contributed by atoms with Crippen LogP contribution in [-0.4, -0.2) is 28.8 Å². The van der Waals surface area contributed by atoms with E-state index in [1.165, 1.54) is 18.3 Å². The second kappa shape index (κ2) is 3.58. The highest BCUT2D eigenvalue weighted by atomic mass is 32.2. The number of alkyl halides is 3. The van der Waals surface area contributed by atoms with Crippen LogP contribution in [0.1, 0.15) is 0 Å². The lowest BCUT2D eigenvalue weighted by Gasteiger charge is -2.08. The summed E-state index contributed by atoms with van der Waals surface area (Å²) in [5.41, 5.74) is -5.00. The van der Waals surface area contributed by atoms with Gasteiger partial charge in [0, 0.05) is 6.07 Å². The molecule has 2 aromatic heterocycles. The Morgan fingerprint density at radius 3 is 2.59 bits per heavy atom. The monoisotopic (exact) mass is 267 g/mol. The van der Waals surface area contributed by atoms with Crippen molar-refractivity contribution >= 4 is 15.6 Å². The van der Waals surface area contributed by atoms with Crippen LogP contribution in [-0.2, 0) is 10.1 Å². The van der Waals surface area contributed by atoms with E-state index in [4.69, 9.17) is 0 Å². The van der Waals surface area contributed by atoms with Gasteiger partial charge in [-0.25, -0.2) is 0 Å². The molecule has 6 nitrogen and oxygen atoms in total. The summed E-state index contributed by atoms with van der Waals surface area (Å²) in [6.07, 6.45) is 1.35. The molecule has 0 spiro atoms. The molecule has 17 heavy (non-hydrogen) atoms. The van der Waals surface area contributed by atoms with Gasteiger partial charge in [0.25, 0.3) is 5.88 Å². The normalized spacial score (nSPS) is 12.9. The Morgan fingerprint density at radius 1 is 1.24 bits per heavy atom. The fraction of sp³-hybridized carbons (Fsp3) is 0.143. The van der Waals surface area contributed by atoms with Crippen LogP contribution in [0.15, 0.2) is 24.4 Å². The van der Waals surface area contributed by atoms with Crippen LogP contribution in [0.3, 0.4) is 0 Å². The molecule has 92 valence electrons. The van der Waals surface area contributed by atoms with Crippen molar-refractivity contribution in [3.05, 3.63) is 24.4 Å². The molecule has 0 amide bonds. The third kappa shape index (κ3) is 2.16. The first-order valence-corrected chi connectivity index (χ1v) is 5.52. The van der Waals surface area contributed by atoms with E-state index in [1.807, 2.05) is 0 Å². The first-order chi connectivity index (χ1) is 7.79. The minimum absolute atomic E-state index is 0.488. The maximum Gasteiger partial charge on any atom is 0.534 e. The number of aromatic nitrogens is 3. The molecule has 0 saturated carbocycles. The molecule has 0 bridgehead atoms. The number of hydrogen-bond donors (Lipinski definition) is 0. The minimum atomic E-state index is -5.71. The fourth-order valence-electron chi connectivity index (χ4n) is 0.999. The summed E-state index contributed by atoms with van der Waals surface area (Å²) in [4.78, 5) is 0. The maximum absolute atomic E-state index is 12.0. The van der Waals surface area contributed by atoms with E-state index in [1.54, 1.807) is 0 Å². The van der Waals surface area contributed by atoms with Crippen molar-refractivity contribution in [1.82, 2.24) is 14.8 Å². The predicted octanol–water partition coefficient (Wildman–Crippen LogP) is 0.958. The number of rotatable bonds is 2. The van der Waals surface area contributed by atoms with E-state index in [2.05, 4.69) is 14.4 Å². The van der Waals surface area contributed by atoms with Crippen molar-refractivity contribution in [3.63, 3.8) is 0 Å². The largest absolute Gasteiger partial charge is 0.534 e. The highest BCUT2D eigenvalue weighted by molar-refractivity contribution is 7.87. The lowest BCUT2D eigenvalue weighted by Crippen LogP contribution is -2.28. The topological polar surface area (TPSA) is 73.6 Å². The van der Waals surface area contributed by atoms with Gasteiger partial charge >= 0.3 is 15.6 Å². The molecule has 0 unspecified atom stereocenters. The fourth-order valence-corrected chi connectivity index (χ4v) is 1.41. The third-order valence-corrected chi connectivity index (χ3v) is 2.68. The number of hydrogen-bond acceptors (Lipinski definition) is 5. The van der Waals surface area contributed by atoms with Gasteiger partial charge in [-0.2, -0.15) is 26.7 Å². The van der Waals surface area contributed by atoms with Gasteiger partial charge in [-0.3, -0.25) is 0 Å². The Morgan fingerprint density at radius 2 is 1.94 bits per heavy atom. The molecule has 0 aliphatic rings.